The van der Waals surface area contributed by atoms with Crippen LogP contribution in [0.3, 0.4) is 0 Å². The molecule has 0 saturated carbocycles. The quantitative estimate of drug-likeness (QED) is 0.778. The number of anilines is 1. The number of hydrogen-bond donors (Lipinski definition) is 3. The van der Waals surface area contributed by atoms with E-state index in [1.54, 1.807) is 32.0 Å². The summed E-state index contributed by atoms with van der Waals surface area (Å²) in [5, 5.41) is 15.4. The first-order chi connectivity index (χ1) is 9.35. The van der Waals surface area contributed by atoms with Crippen molar-refractivity contribution in [3.63, 3.8) is 0 Å². The van der Waals surface area contributed by atoms with Crippen LogP contribution in [0.15, 0.2) is 27.7 Å². The van der Waals surface area contributed by atoms with Crippen molar-refractivity contribution in [3.8, 4) is 0 Å². The molecule has 0 aliphatic rings. The molecule has 2 aromatic rings. The molecule has 0 atom stereocenters. The van der Waals surface area contributed by atoms with Crippen LogP contribution >= 0.6 is 15.9 Å². The third-order valence-electron chi connectivity index (χ3n) is 2.88. The predicted molar refractivity (Wildman–Crippen MR) is 78.9 cm³/mol. The van der Waals surface area contributed by atoms with Crippen molar-refractivity contribution in [1.82, 2.24) is 10.2 Å². The summed E-state index contributed by atoms with van der Waals surface area (Å²) in [6.45, 7) is 3.06. The molecule has 6 nitrogen and oxygen atoms in total. The van der Waals surface area contributed by atoms with E-state index in [9.17, 15) is 13.5 Å². The molecule has 108 valence electrons. The lowest BCUT2D eigenvalue weighted by Gasteiger charge is -2.10. The summed E-state index contributed by atoms with van der Waals surface area (Å²) < 4.78 is 28.0. The fourth-order valence-electron chi connectivity index (χ4n) is 1.77. The molecule has 1 aromatic carbocycles. The van der Waals surface area contributed by atoms with Gasteiger partial charge in [-0.3, -0.25) is 9.82 Å². The average molecular weight is 360 g/mol. The summed E-state index contributed by atoms with van der Waals surface area (Å²) in [4.78, 5) is 0. The molecular formula is C12H14BrN3O3S. The minimum atomic E-state index is -3.84. The molecule has 0 radical (unpaired) electrons. The first kappa shape index (κ1) is 15.0. The Morgan fingerprint density at radius 1 is 1.40 bits per heavy atom. The highest BCUT2D eigenvalue weighted by Crippen LogP contribution is 2.24. The van der Waals surface area contributed by atoms with Gasteiger partial charge in [0.05, 0.1) is 12.3 Å². The summed E-state index contributed by atoms with van der Waals surface area (Å²) in [5.74, 6) is 0. The van der Waals surface area contributed by atoms with E-state index in [0.29, 0.717) is 11.4 Å². The molecule has 2 rings (SSSR count). The Morgan fingerprint density at radius 3 is 2.70 bits per heavy atom. The molecule has 20 heavy (non-hydrogen) atoms. The van der Waals surface area contributed by atoms with Crippen molar-refractivity contribution in [3.05, 3.63) is 39.5 Å². The Hall–Kier alpha value is -1.38. The standard InChI is InChI=1S/C12H14BrN3O3S/c1-7-5-9(13)3-4-11(7)16-20(18,19)12-10(6-17)8(2)14-15-12/h3-5,16-17H,6H2,1-2H3,(H,14,15). The monoisotopic (exact) mass is 359 g/mol. The number of aryl methyl sites for hydroxylation is 2. The number of nitrogens with zero attached hydrogens (tertiary/aromatic N) is 1. The summed E-state index contributed by atoms with van der Waals surface area (Å²) in [7, 11) is -3.84. The third-order valence-corrected chi connectivity index (χ3v) is 4.71. The molecule has 1 aromatic heterocycles. The summed E-state index contributed by atoms with van der Waals surface area (Å²) in [6, 6.07) is 5.21. The van der Waals surface area contributed by atoms with E-state index in [1.165, 1.54) is 0 Å². The Bertz CT molecular complexity index is 740. The SMILES string of the molecule is Cc1cc(Br)ccc1NS(=O)(=O)c1n[nH]c(C)c1CO. The van der Waals surface area contributed by atoms with Gasteiger partial charge in [0, 0.05) is 15.7 Å². The molecule has 0 saturated heterocycles. The smallest absolute Gasteiger partial charge is 0.281 e. The van der Waals surface area contributed by atoms with Crippen LogP contribution in [0.25, 0.3) is 0 Å². The molecule has 8 heteroatoms. The van der Waals surface area contributed by atoms with Crippen molar-refractivity contribution in [2.45, 2.75) is 25.5 Å². The maximum absolute atomic E-state index is 12.3. The number of aromatic amines is 1. The van der Waals surface area contributed by atoms with Gasteiger partial charge in [0.25, 0.3) is 10.0 Å². The van der Waals surface area contributed by atoms with Crippen molar-refractivity contribution >= 4 is 31.6 Å². The van der Waals surface area contributed by atoms with Crippen LogP contribution in [0.2, 0.25) is 0 Å². The second kappa shape index (κ2) is 5.55. The highest BCUT2D eigenvalue weighted by Gasteiger charge is 2.24. The number of H-pyrrole nitrogens is 1. The number of benzene rings is 1. The number of nitrogens with one attached hydrogen (secondary N) is 2. The zero-order chi connectivity index (χ0) is 14.9. The zero-order valence-corrected chi connectivity index (χ0v) is 13.3. The first-order valence-corrected chi connectivity index (χ1v) is 8.06. The van der Waals surface area contributed by atoms with E-state index in [4.69, 9.17) is 0 Å². The van der Waals surface area contributed by atoms with Crippen molar-refractivity contribution in [2.24, 2.45) is 0 Å². The van der Waals surface area contributed by atoms with Crippen LogP contribution in [0.4, 0.5) is 5.69 Å². The number of sulfonamides is 1. The van der Waals surface area contributed by atoms with Gasteiger partial charge in [0.1, 0.15) is 0 Å². The number of hydrogen-bond acceptors (Lipinski definition) is 4. The third kappa shape index (κ3) is 2.87. The lowest BCUT2D eigenvalue weighted by Crippen LogP contribution is -2.16. The highest BCUT2D eigenvalue weighted by molar-refractivity contribution is 9.10. The number of rotatable bonds is 4. The second-order valence-corrected chi connectivity index (χ2v) is 6.87. The van der Waals surface area contributed by atoms with Gasteiger partial charge in [-0.1, -0.05) is 15.9 Å². The van der Waals surface area contributed by atoms with E-state index in [1.807, 2.05) is 0 Å². The van der Waals surface area contributed by atoms with Gasteiger partial charge < -0.3 is 5.11 Å². The van der Waals surface area contributed by atoms with Crippen LogP contribution in [0.1, 0.15) is 16.8 Å². The highest BCUT2D eigenvalue weighted by atomic mass is 79.9. The Kier molecular flexibility index (Phi) is 4.17. The Morgan fingerprint density at radius 2 is 2.10 bits per heavy atom. The van der Waals surface area contributed by atoms with Gasteiger partial charge in [-0.05, 0) is 37.6 Å². The molecule has 0 bridgehead atoms. The fraction of sp³-hybridized carbons (Fsp3) is 0.250. The average Bonchev–Trinajstić information content (AvgIpc) is 2.74. The second-order valence-electron chi connectivity index (χ2n) is 4.36. The Balaban J connectivity index is 2.41. The normalized spacial score (nSPS) is 11.6. The van der Waals surface area contributed by atoms with Crippen molar-refractivity contribution in [2.75, 3.05) is 4.72 Å². The maximum Gasteiger partial charge on any atom is 0.281 e. The molecule has 0 amide bonds. The van der Waals surface area contributed by atoms with Crippen molar-refractivity contribution in [1.29, 1.82) is 0 Å². The first-order valence-electron chi connectivity index (χ1n) is 5.79. The van der Waals surface area contributed by atoms with Gasteiger partial charge in [-0.25, -0.2) is 0 Å². The van der Waals surface area contributed by atoms with Gasteiger partial charge in [-0.15, -0.1) is 0 Å². The number of aliphatic hydroxyl groups is 1. The minimum absolute atomic E-state index is 0.181. The van der Waals surface area contributed by atoms with Crippen LogP contribution in [-0.2, 0) is 16.6 Å². The fourth-order valence-corrected chi connectivity index (χ4v) is 3.57. The molecule has 0 aliphatic carbocycles. The summed E-state index contributed by atoms with van der Waals surface area (Å²) in [6.07, 6.45) is 0. The molecule has 0 spiro atoms. The topological polar surface area (TPSA) is 95.1 Å². The molecule has 0 fully saturated rings. The summed E-state index contributed by atoms with van der Waals surface area (Å²) in [5.41, 5.74) is 2.05. The number of halogens is 1. The van der Waals surface area contributed by atoms with Gasteiger partial charge >= 0.3 is 0 Å². The van der Waals surface area contributed by atoms with E-state index < -0.39 is 16.6 Å². The molecule has 0 unspecified atom stereocenters. The Labute approximate surface area is 125 Å². The largest absolute Gasteiger partial charge is 0.392 e. The molecule has 0 aliphatic heterocycles. The van der Waals surface area contributed by atoms with Gasteiger partial charge in [0.2, 0.25) is 5.03 Å². The lowest BCUT2D eigenvalue weighted by molar-refractivity contribution is 0.277. The lowest BCUT2D eigenvalue weighted by atomic mass is 10.2. The van der Waals surface area contributed by atoms with Crippen molar-refractivity contribution < 1.29 is 13.5 Å². The summed E-state index contributed by atoms with van der Waals surface area (Å²) >= 11 is 3.32. The van der Waals surface area contributed by atoms with Crippen LogP contribution in [0.5, 0.6) is 0 Å². The molecule has 1 heterocycles. The van der Waals surface area contributed by atoms with Crippen LogP contribution in [-0.4, -0.2) is 23.7 Å². The number of aromatic nitrogens is 2. The van der Waals surface area contributed by atoms with E-state index >= 15 is 0 Å². The van der Waals surface area contributed by atoms with E-state index in [2.05, 4.69) is 30.8 Å². The maximum atomic E-state index is 12.3. The minimum Gasteiger partial charge on any atom is -0.392 e. The van der Waals surface area contributed by atoms with Crippen LogP contribution in [0, 0.1) is 13.8 Å². The van der Waals surface area contributed by atoms with E-state index in [0.717, 1.165) is 10.0 Å². The zero-order valence-electron chi connectivity index (χ0n) is 10.9. The molecular weight excluding hydrogens is 346 g/mol. The molecule has 3 N–H and O–H groups in total. The van der Waals surface area contributed by atoms with Crippen LogP contribution < -0.4 is 4.72 Å². The van der Waals surface area contributed by atoms with Gasteiger partial charge in [0.15, 0.2) is 0 Å². The number of aliphatic hydroxyl groups excluding tert-OH is 1. The predicted octanol–water partition coefficient (Wildman–Crippen LogP) is 2.08. The van der Waals surface area contributed by atoms with Gasteiger partial charge in [-0.2, -0.15) is 13.5 Å². The van der Waals surface area contributed by atoms with E-state index in [-0.39, 0.29) is 10.6 Å².